The number of carbonyl (C=O) groups is 2. The van der Waals surface area contributed by atoms with Crippen molar-refractivity contribution >= 4 is 23.5 Å². The smallest absolute Gasteiger partial charge is 0.307 e. The number of carbonyl (C=O) groups excluding carboxylic acids is 2. The number of hydrogen-bond acceptors (Lipinski definition) is 3. The van der Waals surface area contributed by atoms with E-state index < -0.39 is 0 Å². The van der Waals surface area contributed by atoms with Gasteiger partial charge in [-0.05, 0) is 44.2 Å². The second-order valence-electron chi connectivity index (χ2n) is 5.18. The molecule has 1 aromatic heterocycles. The van der Waals surface area contributed by atoms with E-state index in [9.17, 15) is 9.59 Å². The van der Waals surface area contributed by atoms with Crippen molar-refractivity contribution in [2.75, 3.05) is 13.7 Å². The largest absolute Gasteiger partial charge is 0.469 e. The Morgan fingerprint density at radius 2 is 1.87 bits per heavy atom. The molecule has 1 heterocycles. The number of benzene rings is 1. The van der Waals surface area contributed by atoms with Crippen molar-refractivity contribution in [2.45, 2.75) is 20.3 Å². The van der Waals surface area contributed by atoms with Crippen molar-refractivity contribution < 1.29 is 14.3 Å². The number of aryl methyl sites for hydroxylation is 1. The molecule has 5 nitrogen and oxygen atoms in total. The predicted octanol–water partition coefficient (Wildman–Crippen LogP) is 3.04. The Morgan fingerprint density at radius 1 is 1.22 bits per heavy atom. The average molecular weight is 335 g/mol. The van der Waals surface area contributed by atoms with Gasteiger partial charge in [-0.15, -0.1) is 0 Å². The Kier molecular flexibility index (Phi) is 5.45. The zero-order chi connectivity index (χ0) is 17.0. The van der Waals surface area contributed by atoms with Gasteiger partial charge in [0.1, 0.15) is 0 Å². The molecule has 23 heavy (non-hydrogen) atoms. The molecule has 0 bridgehead atoms. The molecule has 1 N–H and O–H groups in total. The quantitative estimate of drug-likeness (QED) is 0.855. The Hall–Kier alpha value is -2.27. The fourth-order valence-corrected chi connectivity index (χ4v) is 2.58. The molecular formula is C17H19ClN2O3. The number of aromatic nitrogens is 1. The average Bonchev–Trinajstić information content (AvgIpc) is 2.83. The molecule has 1 aromatic carbocycles. The maximum absolute atomic E-state index is 12.3. The van der Waals surface area contributed by atoms with Gasteiger partial charge in [0.05, 0.1) is 19.1 Å². The number of methoxy groups -OCH3 is 1. The van der Waals surface area contributed by atoms with Crippen molar-refractivity contribution in [2.24, 2.45) is 0 Å². The maximum Gasteiger partial charge on any atom is 0.307 e. The van der Waals surface area contributed by atoms with Crippen LogP contribution in [0.3, 0.4) is 0 Å². The number of nitrogens with one attached hydrogen (secondary N) is 1. The molecule has 0 saturated heterocycles. The monoisotopic (exact) mass is 334 g/mol. The number of rotatable bonds is 5. The lowest BCUT2D eigenvalue weighted by atomic mass is 10.2. The third-order valence-electron chi connectivity index (χ3n) is 3.60. The Morgan fingerprint density at radius 3 is 2.48 bits per heavy atom. The molecule has 0 spiro atoms. The van der Waals surface area contributed by atoms with Gasteiger partial charge in [0.25, 0.3) is 5.91 Å². The van der Waals surface area contributed by atoms with Gasteiger partial charge in [-0.25, -0.2) is 0 Å². The lowest BCUT2D eigenvalue weighted by Gasteiger charge is -2.10. The topological polar surface area (TPSA) is 60.3 Å². The van der Waals surface area contributed by atoms with E-state index in [2.05, 4.69) is 10.1 Å². The number of esters is 1. The van der Waals surface area contributed by atoms with Crippen LogP contribution in [0.5, 0.6) is 0 Å². The molecule has 0 fully saturated rings. The van der Waals surface area contributed by atoms with Crippen LogP contribution in [0.15, 0.2) is 30.3 Å². The van der Waals surface area contributed by atoms with Crippen molar-refractivity contribution in [1.82, 2.24) is 9.88 Å². The summed E-state index contributed by atoms with van der Waals surface area (Å²) >= 11 is 5.92. The van der Waals surface area contributed by atoms with Crippen LogP contribution in [0, 0.1) is 13.8 Å². The Balaban J connectivity index is 2.18. The molecular weight excluding hydrogens is 316 g/mol. The van der Waals surface area contributed by atoms with Gasteiger partial charge in [-0.3, -0.25) is 9.59 Å². The second-order valence-corrected chi connectivity index (χ2v) is 5.62. The zero-order valence-corrected chi connectivity index (χ0v) is 14.1. The van der Waals surface area contributed by atoms with Gasteiger partial charge in [0, 0.05) is 28.6 Å². The van der Waals surface area contributed by atoms with E-state index in [0.717, 1.165) is 17.1 Å². The minimum Gasteiger partial charge on any atom is -0.469 e. The number of ether oxygens (including phenoxy) is 1. The first-order valence-electron chi connectivity index (χ1n) is 7.24. The molecule has 1 amide bonds. The van der Waals surface area contributed by atoms with E-state index >= 15 is 0 Å². The van der Waals surface area contributed by atoms with E-state index in [1.165, 1.54) is 7.11 Å². The Labute approximate surface area is 140 Å². The van der Waals surface area contributed by atoms with E-state index in [1.54, 1.807) is 0 Å². The van der Waals surface area contributed by atoms with Crippen molar-refractivity contribution in [3.05, 3.63) is 52.3 Å². The highest BCUT2D eigenvalue weighted by atomic mass is 35.5. The second kappa shape index (κ2) is 7.33. The number of amides is 1. The summed E-state index contributed by atoms with van der Waals surface area (Å²) in [5.74, 6) is -0.556. The van der Waals surface area contributed by atoms with Gasteiger partial charge in [0.2, 0.25) is 0 Å². The number of nitrogens with zero attached hydrogens (tertiary/aromatic N) is 1. The highest BCUT2D eigenvalue weighted by molar-refractivity contribution is 6.30. The molecule has 0 radical (unpaired) electrons. The third-order valence-corrected chi connectivity index (χ3v) is 3.85. The van der Waals surface area contributed by atoms with Crippen molar-refractivity contribution in [3.63, 3.8) is 0 Å². The van der Waals surface area contributed by atoms with Crippen LogP contribution in [0.4, 0.5) is 0 Å². The van der Waals surface area contributed by atoms with Crippen LogP contribution in [-0.4, -0.2) is 30.1 Å². The molecule has 2 rings (SSSR count). The molecule has 6 heteroatoms. The van der Waals surface area contributed by atoms with E-state index in [0.29, 0.717) is 10.6 Å². The maximum atomic E-state index is 12.3. The molecule has 0 aliphatic rings. The van der Waals surface area contributed by atoms with Crippen LogP contribution in [0.1, 0.15) is 28.2 Å². The Bertz CT molecular complexity index is 720. The lowest BCUT2D eigenvalue weighted by Crippen LogP contribution is -2.26. The van der Waals surface area contributed by atoms with Gasteiger partial charge in [-0.1, -0.05) is 11.6 Å². The third kappa shape index (κ3) is 3.93. The number of halogens is 1. The normalized spacial score (nSPS) is 10.4. The van der Waals surface area contributed by atoms with Gasteiger partial charge < -0.3 is 14.6 Å². The first-order chi connectivity index (χ1) is 10.9. The summed E-state index contributed by atoms with van der Waals surface area (Å²) in [6.07, 6.45) is 0.151. The van der Waals surface area contributed by atoms with Crippen LogP contribution < -0.4 is 5.32 Å². The lowest BCUT2D eigenvalue weighted by molar-refractivity contribution is -0.140. The fraction of sp³-hybridized carbons (Fsp3) is 0.294. The van der Waals surface area contributed by atoms with Gasteiger partial charge in [-0.2, -0.15) is 0 Å². The van der Waals surface area contributed by atoms with Crippen LogP contribution in [0.2, 0.25) is 5.02 Å². The molecule has 0 saturated carbocycles. The van der Waals surface area contributed by atoms with E-state index in [4.69, 9.17) is 11.6 Å². The van der Waals surface area contributed by atoms with Crippen molar-refractivity contribution in [1.29, 1.82) is 0 Å². The van der Waals surface area contributed by atoms with Crippen LogP contribution in [0.25, 0.3) is 5.69 Å². The minimum absolute atomic E-state index is 0.151. The first kappa shape index (κ1) is 17.1. The minimum atomic E-state index is -0.350. The molecule has 0 aliphatic heterocycles. The fourth-order valence-electron chi connectivity index (χ4n) is 2.46. The summed E-state index contributed by atoms with van der Waals surface area (Å²) in [4.78, 5) is 23.4. The van der Waals surface area contributed by atoms with E-state index in [1.807, 2.05) is 48.7 Å². The highest BCUT2D eigenvalue weighted by Crippen LogP contribution is 2.22. The molecule has 2 aromatic rings. The summed E-state index contributed by atoms with van der Waals surface area (Å²) in [5.41, 5.74) is 3.31. The summed E-state index contributed by atoms with van der Waals surface area (Å²) in [6.45, 7) is 4.07. The summed E-state index contributed by atoms with van der Waals surface area (Å²) < 4.78 is 6.54. The molecule has 0 unspecified atom stereocenters. The molecule has 0 atom stereocenters. The molecule has 122 valence electrons. The first-order valence-corrected chi connectivity index (χ1v) is 7.61. The van der Waals surface area contributed by atoms with Crippen LogP contribution in [-0.2, 0) is 9.53 Å². The van der Waals surface area contributed by atoms with Gasteiger partial charge >= 0.3 is 5.97 Å². The summed E-state index contributed by atoms with van der Waals surface area (Å²) in [7, 11) is 1.32. The van der Waals surface area contributed by atoms with Gasteiger partial charge in [0.15, 0.2) is 0 Å². The highest BCUT2D eigenvalue weighted by Gasteiger charge is 2.16. The standard InChI is InChI=1S/C17H19ClN2O3/c1-11-10-15(17(22)19-9-8-16(21)23-3)12(2)20(11)14-6-4-13(18)5-7-14/h4-7,10H,8-9H2,1-3H3,(H,19,22). The summed E-state index contributed by atoms with van der Waals surface area (Å²) in [5, 5.41) is 3.40. The van der Waals surface area contributed by atoms with E-state index in [-0.39, 0.29) is 24.8 Å². The predicted molar refractivity (Wildman–Crippen MR) is 89.2 cm³/mol. The number of hydrogen-bond donors (Lipinski definition) is 1. The van der Waals surface area contributed by atoms with Crippen molar-refractivity contribution in [3.8, 4) is 5.69 Å². The zero-order valence-electron chi connectivity index (χ0n) is 13.4. The molecule has 0 aliphatic carbocycles. The summed E-state index contributed by atoms with van der Waals surface area (Å²) in [6, 6.07) is 9.26. The van der Waals surface area contributed by atoms with Crippen LogP contribution >= 0.6 is 11.6 Å². The SMILES string of the molecule is COC(=O)CCNC(=O)c1cc(C)n(-c2ccc(Cl)cc2)c1C.